The summed E-state index contributed by atoms with van der Waals surface area (Å²) in [4.78, 5) is 35.7. The first-order valence-corrected chi connectivity index (χ1v) is 10.9. The molecule has 2 aromatic carbocycles. The van der Waals surface area contributed by atoms with Crippen molar-refractivity contribution in [1.82, 2.24) is 9.88 Å². The van der Waals surface area contributed by atoms with E-state index in [1.807, 2.05) is 56.3 Å². The highest BCUT2D eigenvalue weighted by Crippen LogP contribution is 2.34. The van der Waals surface area contributed by atoms with E-state index in [1.54, 1.807) is 7.05 Å². The molecule has 3 aromatic rings. The average Bonchev–Trinajstić information content (AvgIpc) is 3.21. The lowest BCUT2D eigenvalue weighted by molar-refractivity contribution is -0.127. The molecule has 0 bridgehead atoms. The van der Waals surface area contributed by atoms with E-state index in [9.17, 15) is 9.59 Å². The predicted octanol–water partition coefficient (Wildman–Crippen LogP) is 4.50. The Kier molecular flexibility index (Phi) is 5.38. The summed E-state index contributed by atoms with van der Waals surface area (Å²) in [5.41, 5.74) is 3.81. The van der Waals surface area contributed by atoms with Crippen molar-refractivity contribution in [3.05, 3.63) is 53.6 Å². The Bertz CT molecular complexity index is 1110. The highest BCUT2D eigenvalue weighted by molar-refractivity contribution is 8.15. The number of aryl methyl sites for hydroxylation is 1. The Morgan fingerprint density at radius 2 is 2.00 bits per heavy atom. The highest BCUT2D eigenvalue weighted by Gasteiger charge is 2.37. The van der Waals surface area contributed by atoms with Crippen LogP contribution < -0.4 is 5.32 Å². The van der Waals surface area contributed by atoms with Crippen molar-refractivity contribution in [3.63, 3.8) is 0 Å². The highest BCUT2D eigenvalue weighted by atomic mass is 32.2. The van der Waals surface area contributed by atoms with Gasteiger partial charge in [-0.1, -0.05) is 47.4 Å². The van der Waals surface area contributed by atoms with Crippen molar-refractivity contribution in [1.29, 1.82) is 0 Å². The third kappa shape index (κ3) is 4.04. The smallest absolute Gasteiger partial charge is 0.242 e. The van der Waals surface area contributed by atoms with E-state index in [0.717, 1.165) is 27.0 Å². The van der Waals surface area contributed by atoms with Crippen molar-refractivity contribution in [2.75, 3.05) is 12.4 Å². The van der Waals surface area contributed by atoms with E-state index in [0.29, 0.717) is 10.3 Å². The molecule has 6 nitrogen and oxygen atoms in total. The number of nitrogens with zero attached hydrogens (tertiary/aromatic N) is 3. The van der Waals surface area contributed by atoms with Crippen LogP contribution in [0.3, 0.4) is 0 Å². The lowest BCUT2D eigenvalue weighted by atomic mass is 10.1. The molecule has 1 aromatic heterocycles. The number of aliphatic imine (C=N–C) groups is 1. The maximum Gasteiger partial charge on any atom is 0.242 e. The molecule has 0 saturated carbocycles. The Morgan fingerprint density at radius 3 is 2.79 bits per heavy atom. The first-order chi connectivity index (χ1) is 13.9. The number of amides is 2. The van der Waals surface area contributed by atoms with Crippen LogP contribution in [0.1, 0.15) is 17.5 Å². The van der Waals surface area contributed by atoms with Crippen molar-refractivity contribution < 1.29 is 9.59 Å². The monoisotopic (exact) mass is 424 g/mol. The molecule has 148 valence electrons. The molecule has 1 aliphatic rings. The Hall–Kier alpha value is -2.71. The standard InChI is InChI=1S/C21H20N4O2S2/c1-12-7-6-9-14(13(12)2)22-18(26)11-17-19(27)25(3)21(29-17)24-20-23-15-8-4-5-10-16(15)28-20/h4-10,17H,11H2,1-3H3,(H,22,26)/t17-/m0/s1. The normalized spacial score (nSPS) is 18.0. The van der Waals surface area contributed by atoms with Crippen molar-refractivity contribution >= 4 is 61.1 Å². The Labute approximate surface area is 177 Å². The van der Waals surface area contributed by atoms with Gasteiger partial charge in [0.1, 0.15) is 5.25 Å². The molecule has 29 heavy (non-hydrogen) atoms. The first-order valence-electron chi connectivity index (χ1n) is 9.17. The van der Waals surface area contributed by atoms with Gasteiger partial charge in [-0.2, -0.15) is 4.99 Å². The zero-order valence-corrected chi connectivity index (χ0v) is 17.9. The molecule has 1 fully saturated rings. The molecule has 0 unspecified atom stereocenters. The van der Waals surface area contributed by atoms with E-state index < -0.39 is 5.25 Å². The molecule has 1 N–H and O–H groups in total. The third-order valence-corrected chi connectivity index (χ3v) is 7.02. The minimum absolute atomic E-state index is 0.0973. The van der Waals surface area contributed by atoms with Gasteiger partial charge in [0.2, 0.25) is 16.9 Å². The minimum Gasteiger partial charge on any atom is -0.326 e. The fourth-order valence-electron chi connectivity index (χ4n) is 3.04. The molecule has 2 amide bonds. The molecule has 8 heteroatoms. The van der Waals surface area contributed by atoms with Gasteiger partial charge in [0.05, 0.1) is 10.2 Å². The van der Waals surface area contributed by atoms with Crippen molar-refractivity contribution in [2.24, 2.45) is 4.99 Å². The second-order valence-electron chi connectivity index (χ2n) is 6.86. The summed E-state index contributed by atoms with van der Waals surface area (Å²) in [5, 5.41) is 3.61. The first kappa shape index (κ1) is 19.6. The van der Waals surface area contributed by atoms with Gasteiger partial charge >= 0.3 is 0 Å². The van der Waals surface area contributed by atoms with E-state index in [-0.39, 0.29) is 18.2 Å². The summed E-state index contributed by atoms with van der Waals surface area (Å²) in [6.45, 7) is 3.97. The quantitative estimate of drug-likeness (QED) is 0.669. The number of aromatic nitrogens is 1. The number of carbonyl (C=O) groups is 2. The average molecular weight is 425 g/mol. The van der Waals surface area contributed by atoms with Gasteiger partial charge in [0.25, 0.3) is 0 Å². The van der Waals surface area contributed by atoms with E-state index >= 15 is 0 Å². The second-order valence-corrected chi connectivity index (χ2v) is 9.04. The molecule has 0 radical (unpaired) electrons. The number of fused-ring (bicyclic) bond motifs is 1. The molecule has 0 aliphatic carbocycles. The second kappa shape index (κ2) is 7.96. The summed E-state index contributed by atoms with van der Waals surface area (Å²) >= 11 is 2.79. The molecule has 0 spiro atoms. The summed E-state index contributed by atoms with van der Waals surface area (Å²) in [5.74, 6) is -0.301. The van der Waals surface area contributed by atoms with Crippen molar-refractivity contribution in [3.8, 4) is 0 Å². The largest absolute Gasteiger partial charge is 0.326 e. The maximum atomic E-state index is 12.6. The van der Waals surface area contributed by atoms with Crippen LogP contribution in [0.25, 0.3) is 10.2 Å². The van der Waals surface area contributed by atoms with E-state index in [2.05, 4.69) is 15.3 Å². The predicted molar refractivity (Wildman–Crippen MR) is 120 cm³/mol. The maximum absolute atomic E-state index is 12.6. The number of para-hydroxylation sites is 1. The number of amidine groups is 1. The molecular weight excluding hydrogens is 404 g/mol. The zero-order chi connectivity index (χ0) is 20.5. The minimum atomic E-state index is -0.488. The Morgan fingerprint density at radius 1 is 1.21 bits per heavy atom. The molecule has 1 atom stereocenters. The molecular formula is C21H20N4O2S2. The summed E-state index contributed by atoms with van der Waals surface area (Å²) in [6.07, 6.45) is 0.0973. The van der Waals surface area contributed by atoms with E-state index in [1.165, 1.54) is 28.0 Å². The zero-order valence-electron chi connectivity index (χ0n) is 16.3. The Balaban J connectivity index is 1.47. The third-order valence-electron chi connectivity index (χ3n) is 4.86. The van der Waals surface area contributed by atoms with Crippen LogP contribution in [0, 0.1) is 13.8 Å². The number of nitrogens with one attached hydrogen (secondary N) is 1. The number of carbonyl (C=O) groups excluding carboxylic acids is 2. The van der Waals surface area contributed by atoms with Gasteiger partial charge < -0.3 is 5.32 Å². The number of hydrogen-bond donors (Lipinski definition) is 1. The number of thiazole rings is 1. The van der Waals surface area contributed by atoms with E-state index in [4.69, 9.17) is 0 Å². The SMILES string of the molecule is Cc1cccc(NC(=O)C[C@@H]2SC(=Nc3nc4ccccc4s3)N(C)C2=O)c1C. The molecule has 1 aliphatic heterocycles. The van der Waals surface area contributed by atoms with Crippen LogP contribution in [0.15, 0.2) is 47.5 Å². The van der Waals surface area contributed by atoms with Crippen molar-refractivity contribution in [2.45, 2.75) is 25.5 Å². The van der Waals surface area contributed by atoms with Crippen LogP contribution in [-0.2, 0) is 9.59 Å². The van der Waals surface area contributed by atoms with Gasteiger partial charge in [-0.15, -0.1) is 0 Å². The molecule has 4 rings (SSSR count). The fourth-order valence-corrected chi connectivity index (χ4v) is 5.07. The fraction of sp³-hybridized carbons (Fsp3) is 0.238. The number of anilines is 1. The summed E-state index contributed by atoms with van der Waals surface area (Å²) in [6, 6.07) is 13.6. The van der Waals surface area contributed by atoms with Crippen LogP contribution in [0.4, 0.5) is 10.8 Å². The van der Waals surface area contributed by atoms with Gasteiger partial charge in [-0.05, 0) is 43.2 Å². The van der Waals surface area contributed by atoms with Crippen LogP contribution >= 0.6 is 23.1 Å². The summed E-state index contributed by atoms with van der Waals surface area (Å²) < 4.78 is 1.05. The topological polar surface area (TPSA) is 74.7 Å². The number of thioether (sulfide) groups is 1. The number of hydrogen-bond acceptors (Lipinski definition) is 6. The molecule has 2 heterocycles. The van der Waals surface area contributed by atoms with Gasteiger partial charge in [-0.3, -0.25) is 14.5 Å². The lowest BCUT2D eigenvalue weighted by Crippen LogP contribution is -2.30. The van der Waals surface area contributed by atoms with Crippen LogP contribution in [-0.4, -0.2) is 39.2 Å². The summed E-state index contributed by atoms with van der Waals surface area (Å²) in [7, 11) is 1.68. The van der Waals surface area contributed by atoms with Gasteiger partial charge in [0, 0.05) is 19.2 Å². The number of rotatable bonds is 4. The van der Waals surface area contributed by atoms with Crippen LogP contribution in [0.2, 0.25) is 0 Å². The van der Waals surface area contributed by atoms with Gasteiger partial charge in [-0.25, -0.2) is 4.98 Å². The number of benzene rings is 2. The molecule has 1 saturated heterocycles. The van der Waals surface area contributed by atoms with Crippen LogP contribution in [0.5, 0.6) is 0 Å². The van der Waals surface area contributed by atoms with Gasteiger partial charge in [0.15, 0.2) is 5.17 Å². The lowest BCUT2D eigenvalue weighted by Gasteiger charge is -2.12.